The van der Waals surface area contributed by atoms with E-state index >= 15 is 0 Å². The van der Waals surface area contributed by atoms with Crippen LogP contribution in [-0.4, -0.2) is 34.1 Å². The molecule has 2 heterocycles. The molecule has 3 aromatic rings. The van der Waals surface area contributed by atoms with Gasteiger partial charge in [-0.2, -0.15) is 5.10 Å². The van der Waals surface area contributed by atoms with Crippen molar-refractivity contribution in [3.8, 4) is 17.2 Å². The Labute approximate surface area is 164 Å². The predicted octanol–water partition coefficient (Wildman–Crippen LogP) is 2.90. The summed E-state index contributed by atoms with van der Waals surface area (Å²) >= 11 is 0. The van der Waals surface area contributed by atoms with Crippen molar-refractivity contribution in [3.63, 3.8) is 0 Å². The molecule has 1 aromatic heterocycles. The standard InChI is InChI=1S/C20H19N3O4S/c1-26-17-10-6-9-14(18(17)27-2)20(24)21-19-15-11-28(25)12-16(15)22-23(19)13-7-4-3-5-8-13/h3-10H,11-12H2,1-2H3,(H,21,24)/t28-/m1/s1. The predicted molar refractivity (Wildman–Crippen MR) is 107 cm³/mol. The minimum atomic E-state index is -1.01. The number of benzene rings is 2. The fraction of sp³-hybridized carbons (Fsp3) is 0.200. The van der Waals surface area contributed by atoms with Crippen molar-refractivity contribution in [2.45, 2.75) is 11.5 Å². The molecule has 0 saturated carbocycles. The first-order valence-corrected chi connectivity index (χ1v) is 10.1. The molecule has 144 valence electrons. The minimum absolute atomic E-state index is 0.343. The number of hydrogen-bond acceptors (Lipinski definition) is 5. The normalized spacial score (nSPS) is 15.1. The average Bonchev–Trinajstić information content (AvgIpc) is 3.24. The van der Waals surface area contributed by atoms with Gasteiger partial charge in [-0.05, 0) is 24.3 Å². The quantitative estimate of drug-likeness (QED) is 0.716. The van der Waals surface area contributed by atoms with Gasteiger partial charge in [0, 0.05) is 16.4 Å². The largest absolute Gasteiger partial charge is 0.493 e. The smallest absolute Gasteiger partial charge is 0.260 e. The number of carbonyl (C=O) groups excluding carboxylic acids is 1. The maximum atomic E-state index is 13.1. The number of rotatable bonds is 5. The summed E-state index contributed by atoms with van der Waals surface area (Å²) in [5.74, 6) is 1.76. The van der Waals surface area contributed by atoms with E-state index in [1.54, 1.807) is 22.9 Å². The van der Waals surface area contributed by atoms with Gasteiger partial charge >= 0.3 is 0 Å². The molecule has 7 nitrogen and oxygen atoms in total. The minimum Gasteiger partial charge on any atom is -0.493 e. The maximum absolute atomic E-state index is 13.1. The van der Waals surface area contributed by atoms with Gasteiger partial charge in [0.25, 0.3) is 5.91 Å². The summed E-state index contributed by atoms with van der Waals surface area (Å²) in [4.78, 5) is 13.1. The lowest BCUT2D eigenvalue weighted by atomic mass is 10.1. The summed E-state index contributed by atoms with van der Waals surface area (Å²) in [5, 5.41) is 7.53. The number of nitrogens with one attached hydrogen (secondary N) is 1. The van der Waals surface area contributed by atoms with Crippen LogP contribution in [0.3, 0.4) is 0 Å². The van der Waals surface area contributed by atoms with E-state index in [1.165, 1.54) is 14.2 Å². The highest BCUT2D eigenvalue weighted by atomic mass is 32.2. The fourth-order valence-corrected chi connectivity index (χ4v) is 4.52. The Bertz CT molecular complexity index is 1060. The zero-order valence-electron chi connectivity index (χ0n) is 15.5. The van der Waals surface area contributed by atoms with Gasteiger partial charge in [0.05, 0.1) is 42.7 Å². The molecule has 0 aliphatic carbocycles. The SMILES string of the molecule is COc1cccc(C(=O)Nc2c3c(nn2-c2ccccc2)C[S@](=O)C3)c1OC. The summed E-state index contributed by atoms with van der Waals surface area (Å²) < 4.78 is 24.4. The highest BCUT2D eigenvalue weighted by Crippen LogP contribution is 2.34. The van der Waals surface area contributed by atoms with Crippen molar-refractivity contribution in [2.24, 2.45) is 0 Å². The molecular weight excluding hydrogens is 378 g/mol. The summed E-state index contributed by atoms with van der Waals surface area (Å²) in [7, 11) is 2.00. The number of fused-ring (bicyclic) bond motifs is 1. The number of anilines is 1. The molecule has 2 aromatic carbocycles. The second kappa shape index (κ2) is 7.47. The summed E-state index contributed by atoms with van der Waals surface area (Å²) in [5.41, 5.74) is 2.71. The molecule has 0 spiro atoms. The van der Waals surface area contributed by atoms with Crippen molar-refractivity contribution < 1.29 is 18.5 Å². The number of para-hydroxylation sites is 2. The zero-order chi connectivity index (χ0) is 19.7. The van der Waals surface area contributed by atoms with Crippen LogP contribution < -0.4 is 14.8 Å². The van der Waals surface area contributed by atoms with Gasteiger partial charge in [-0.3, -0.25) is 9.00 Å². The van der Waals surface area contributed by atoms with Crippen LogP contribution in [-0.2, 0) is 22.3 Å². The van der Waals surface area contributed by atoms with E-state index in [0.29, 0.717) is 34.4 Å². The monoisotopic (exact) mass is 397 g/mol. The van der Waals surface area contributed by atoms with E-state index in [4.69, 9.17) is 9.47 Å². The molecule has 28 heavy (non-hydrogen) atoms. The van der Waals surface area contributed by atoms with E-state index in [0.717, 1.165) is 16.9 Å². The maximum Gasteiger partial charge on any atom is 0.260 e. The molecule has 1 amide bonds. The van der Waals surface area contributed by atoms with Crippen molar-refractivity contribution in [1.29, 1.82) is 0 Å². The van der Waals surface area contributed by atoms with Crippen LogP contribution in [0.1, 0.15) is 21.6 Å². The second-order valence-electron chi connectivity index (χ2n) is 6.24. The summed E-state index contributed by atoms with van der Waals surface area (Å²) in [6.07, 6.45) is 0. The van der Waals surface area contributed by atoms with Gasteiger partial charge in [-0.1, -0.05) is 24.3 Å². The lowest BCUT2D eigenvalue weighted by Crippen LogP contribution is -2.17. The van der Waals surface area contributed by atoms with E-state index in [9.17, 15) is 9.00 Å². The Morgan fingerprint density at radius 2 is 1.86 bits per heavy atom. The number of nitrogens with zero attached hydrogens (tertiary/aromatic N) is 2. The average molecular weight is 397 g/mol. The van der Waals surface area contributed by atoms with Gasteiger partial charge in [-0.25, -0.2) is 4.68 Å². The van der Waals surface area contributed by atoms with Gasteiger partial charge in [0.2, 0.25) is 0 Å². The number of hydrogen-bond donors (Lipinski definition) is 1. The third kappa shape index (κ3) is 3.16. The van der Waals surface area contributed by atoms with E-state index in [-0.39, 0.29) is 5.91 Å². The Morgan fingerprint density at radius 1 is 1.07 bits per heavy atom. The second-order valence-corrected chi connectivity index (χ2v) is 7.70. The molecule has 0 saturated heterocycles. The summed E-state index contributed by atoms with van der Waals surface area (Å²) in [6, 6.07) is 14.6. The number of ether oxygens (including phenoxy) is 2. The van der Waals surface area contributed by atoms with Crippen LogP contribution in [0.15, 0.2) is 48.5 Å². The number of amides is 1. The van der Waals surface area contributed by atoms with Gasteiger partial charge in [0.15, 0.2) is 11.5 Å². The van der Waals surface area contributed by atoms with Crippen LogP contribution in [0.2, 0.25) is 0 Å². The molecule has 1 N–H and O–H groups in total. The zero-order valence-corrected chi connectivity index (χ0v) is 16.3. The lowest BCUT2D eigenvalue weighted by molar-refractivity contribution is 0.102. The van der Waals surface area contributed by atoms with Gasteiger partial charge in [0.1, 0.15) is 5.82 Å². The van der Waals surface area contributed by atoms with Crippen LogP contribution in [0.4, 0.5) is 5.82 Å². The number of carbonyl (C=O) groups is 1. The topological polar surface area (TPSA) is 82.5 Å². The first-order chi connectivity index (χ1) is 13.6. The molecule has 1 aliphatic rings. The number of aromatic nitrogens is 2. The Hall–Kier alpha value is -3.13. The van der Waals surface area contributed by atoms with Crippen molar-refractivity contribution in [1.82, 2.24) is 9.78 Å². The van der Waals surface area contributed by atoms with Crippen LogP contribution >= 0.6 is 0 Å². The van der Waals surface area contributed by atoms with Crippen molar-refractivity contribution in [3.05, 3.63) is 65.4 Å². The van der Waals surface area contributed by atoms with Gasteiger partial charge in [-0.15, -0.1) is 0 Å². The molecule has 0 bridgehead atoms. The highest BCUT2D eigenvalue weighted by molar-refractivity contribution is 7.83. The highest BCUT2D eigenvalue weighted by Gasteiger charge is 2.29. The molecule has 4 rings (SSSR count). The number of methoxy groups -OCH3 is 2. The van der Waals surface area contributed by atoms with E-state index in [2.05, 4.69) is 10.4 Å². The van der Waals surface area contributed by atoms with Crippen molar-refractivity contribution in [2.75, 3.05) is 19.5 Å². The van der Waals surface area contributed by atoms with Crippen LogP contribution in [0.25, 0.3) is 5.69 Å². The first-order valence-electron chi connectivity index (χ1n) is 8.66. The third-order valence-electron chi connectivity index (χ3n) is 4.55. The lowest BCUT2D eigenvalue weighted by Gasteiger charge is -2.14. The Kier molecular flexibility index (Phi) is 4.87. The Morgan fingerprint density at radius 3 is 2.57 bits per heavy atom. The molecule has 1 aliphatic heterocycles. The van der Waals surface area contributed by atoms with Crippen molar-refractivity contribution >= 4 is 22.5 Å². The van der Waals surface area contributed by atoms with E-state index < -0.39 is 10.8 Å². The Balaban J connectivity index is 1.76. The molecule has 0 radical (unpaired) electrons. The van der Waals surface area contributed by atoms with Crippen LogP contribution in [0.5, 0.6) is 11.5 Å². The van der Waals surface area contributed by atoms with Gasteiger partial charge < -0.3 is 14.8 Å². The third-order valence-corrected chi connectivity index (χ3v) is 5.76. The molecule has 1 atom stereocenters. The van der Waals surface area contributed by atoms with E-state index in [1.807, 2.05) is 30.3 Å². The van der Waals surface area contributed by atoms with Crippen LogP contribution in [0, 0.1) is 0 Å². The molecule has 0 fully saturated rings. The molecule has 8 heteroatoms. The molecular formula is C20H19N3O4S. The summed E-state index contributed by atoms with van der Waals surface area (Å²) in [6.45, 7) is 0. The fourth-order valence-electron chi connectivity index (χ4n) is 3.25. The first kappa shape index (κ1) is 18.2. The molecule has 0 unspecified atom stereocenters.